The van der Waals surface area contributed by atoms with Gasteiger partial charge in [-0.15, -0.1) is 0 Å². The van der Waals surface area contributed by atoms with Gasteiger partial charge in [0.15, 0.2) is 0 Å². The number of benzene rings is 1. The number of carboxylic acids is 1. The van der Waals surface area contributed by atoms with Crippen molar-refractivity contribution in [3.05, 3.63) is 36.0 Å². The van der Waals surface area contributed by atoms with Crippen LogP contribution >= 0.6 is 0 Å². The lowest BCUT2D eigenvalue weighted by atomic mass is 10.2. The normalized spacial score (nSPS) is 12.3. The van der Waals surface area contributed by atoms with Crippen molar-refractivity contribution >= 4 is 22.8 Å². The molecule has 0 spiro atoms. The lowest BCUT2D eigenvalue weighted by Gasteiger charge is -2.12. The summed E-state index contributed by atoms with van der Waals surface area (Å²) in [5, 5.41) is 12.5. The molecule has 0 aliphatic rings. The molecule has 0 aliphatic heterocycles. The van der Waals surface area contributed by atoms with Crippen molar-refractivity contribution in [1.29, 1.82) is 0 Å². The monoisotopic (exact) mass is 304 g/mol. The first-order chi connectivity index (χ1) is 10.5. The molecule has 0 fully saturated rings. The first-order valence-electron chi connectivity index (χ1n) is 7.12. The van der Waals surface area contributed by atoms with Gasteiger partial charge in [-0.25, -0.2) is 0 Å². The summed E-state index contributed by atoms with van der Waals surface area (Å²) in [6.07, 6.45) is 0. The van der Waals surface area contributed by atoms with Crippen LogP contribution in [0.15, 0.2) is 30.3 Å². The molecule has 6 heteroatoms. The molecule has 2 aromatic rings. The van der Waals surface area contributed by atoms with Gasteiger partial charge in [0.1, 0.15) is 5.69 Å². The average molecular weight is 304 g/mol. The Kier molecular flexibility index (Phi) is 5.16. The van der Waals surface area contributed by atoms with E-state index in [1.165, 1.54) is 0 Å². The maximum Gasteiger partial charge on any atom is 0.308 e. The van der Waals surface area contributed by atoms with Gasteiger partial charge in [-0.05, 0) is 12.1 Å². The summed E-state index contributed by atoms with van der Waals surface area (Å²) in [6.45, 7) is 2.70. The maximum atomic E-state index is 12.4. The molecule has 0 saturated carbocycles. The number of aliphatic carboxylic acids is 1. The SMILES string of the molecule is COCCn1c(C(=O)NC[C@@H](C)C(=O)O)cc2ccccc21. The molecular formula is C16H20N2O4. The molecule has 0 aliphatic carbocycles. The second-order valence-electron chi connectivity index (χ2n) is 5.18. The molecule has 1 heterocycles. The largest absolute Gasteiger partial charge is 0.481 e. The summed E-state index contributed by atoms with van der Waals surface area (Å²) >= 11 is 0. The number of aromatic nitrogens is 1. The highest BCUT2D eigenvalue weighted by molar-refractivity contribution is 5.98. The topological polar surface area (TPSA) is 80.6 Å². The number of carbonyl (C=O) groups excluding carboxylic acids is 1. The Morgan fingerprint density at radius 3 is 2.77 bits per heavy atom. The Balaban J connectivity index is 2.25. The molecule has 1 atom stereocenters. The Hall–Kier alpha value is -2.34. The zero-order valence-electron chi connectivity index (χ0n) is 12.7. The number of para-hydroxylation sites is 1. The Morgan fingerprint density at radius 1 is 1.36 bits per heavy atom. The van der Waals surface area contributed by atoms with Crippen molar-refractivity contribution in [2.24, 2.45) is 5.92 Å². The van der Waals surface area contributed by atoms with Crippen molar-refractivity contribution in [3.63, 3.8) is 0 Å². The number of carbonyl (C=O) groups is 2. The summed E-state index contributed by atoms with van der Waals surface area (Å²) in [4.78, 5) is 23.2. The van der Waals surface area contributed by atoms with Gasteiger partial charge in [0.25, 0.3) is 5.91 Å². The summed E-state index contributed by atoms with van der Waals surface area (Å²) in [5.41, 5.74) is 1.46. The number of ether oxygens (including phenoxy) is 1. The van der Waals surface area contributed by atoms with Crippen LogP contribution < -0.4 is 5.32 Å². The minimum Gasteiger partial charge on any atom is -0.481 e. The molecular weight excluding hydrogens is 284 g/mol. The first kappa shape index (κ1) is 16.0. The number of methoxy groups -OCH3 is 1. The van der Waals surface area contributed by atoms with E-state index in [4.69, 9.17) is 9.84 Å². The van der Waals surface area contributed by atoms with Gasteiger partial charge in [-0.1, -0.05) is 25.1 Å². The van der Waals surface area contributed by atoms with Crippen LogP contribution in [0.25, 0.3) is 10.9 Å². The molecule has 1 amide bonds. The molecule has 22 heavy (non-hydrogen) atoms. The van der Waals surface area contributed by atoms with Crippen LogP contribution in [0.1, 0.15) is 17.4 Å². The zero-order chi connectivity index (χ0) is 16.1. The van der Waals surface area contributed by atoms with Crippen LogP contribution in [0.4, 0.5) is 0 Å². The fourth-order valence-electron chi connectivity index (χ4n) is 2.25. The summed E-state index contributed by atoms with van der Waals surface area (Å²) < 4.78 is 6.99. The molecule has 1 aromatic carbocycles. The van der Waals surface area contributed by atoms with Crippen molar-refractivity contribution in [2.75, 3.05) is 20.3 Å². The van der Waals surface area contributed by atoms with Gasteiger partial charge in [0.05, 0.1) is 12.5 Å². The standard InChI is InChI=1S/C16H20N2O4/c1-11(16(20)21)10-17-15(19)14-9-12-5-3-4-6-13(12)18(14)7-8-22-2/h3-6,9,11H,7-8,10H2,1-2H3,(H,17,19)(H,20,21)/t11-/m1/s1. The summed E-state index contributed by atoms with van der Waals surface area (Å²) in [7, 11) is 1.61. The molecule has 1 aromatic heterocycles. The van der Waals surface area contributed by atoms with Gasteiger partial charge < -0.3 is 19.7 Å². The molecule has 2 N–H and O–H groups in total. The fourth-order valence-corrected chi connectivity index (χ4v) is 2.25. The summed E-state index contributed by atoms with van der Waals surface area (Å²) in [6, 6.07) is 9.53. The maximum absolute atomic E-state index is 12.4. The zero-order valence-corrected chi connectivity index (χ0v) is 12.7. The van der Waals surface area contributed by atoms with Gasteiger partial charge in [0.2, 0.25) is 0 Å². The van der Waals surface area contributed by atoms with Crippen LogP contribution in [0, 0.1) is 5.92 Å². The van der Waals surface area contributed by atoms with Gasteiger partial charge in [-0.3, -0.25) is 9.59 Å². The van der Waals surface area contributed by atoms with Gasteiger partial charge in [0, 0.05) is 31.1 Å². The molecule has 118 valence electrons. The molecule has 6 nitrogen and oxygen atoms in total. The summed E-state index contributed by atoms with van der Waals surface area (Å²) in [5.74, 6) is -1.83. The van der Waals surface area contributed by atoms with Crippen LogP contribution in [0.2, 0.25) is 0 Å². The minimum atomic E-state index is -0.930. The van der Waals surface area contributed by atoms with Crippen molar-refractivity contribution in [3.8, 4) is 0 Å². The van der Waals surface area contributed by atoms with E-state index in [0.29, 0.717) is 18.8 Å². The van der Waals surface area contributed by atoms with Crippen LogP contribution in [-0.2, 0) is 16.1 Å². The van der Waals surface area contributed by atoms with E-state index in [1.807, 2.05) is 34.9 Å². The van der Waals surface area contributed by atoms with Gasteiger partial charge in [-0.2, -0.15) is 0 Å². The highest BCUT2D eigenvalue weighted by Gasteiger charge is 2.17. The van der Waals surface area contributed by atoms with Crippen molar-refractivity contribution in [1.82, 2.24) is 9.88 Å². The van der Waals surface area contributed by atoms with Crippen molar-refractivity contribution in [2.45, 2.75) is 13.5 Å². The first-order valence-corrected chi connectivity index (χ1v) is 7.12. The molecule has 0 radical (unpaired) electrons. The number of rotatable bonds is 7. The number of fused-ring (bicyclic) bond motifs is 1. The average Bonchev–Trinajstić information content (AvgIpc) is 2.88. The van der Waals surface area contributed by atoms with E-state index < -0.39 is 11.9 Å². The predicted octanol–water partition coefficient (Wildman–Crippen LogP) is 1.74. The lowest BCUT2D eigenvalue weighted by Crippen LogP contribution is -2.32. The molecule has 2 rings (SSSR count). The number of hydrogen-bond donors (Lipinski definition) is 2. The van der Waals surface area contributed by atoms with E-state index >= 15 is 0 Å². The van der Waals surface area contributed by atoms with E-state index in [9.17, 15) is 9.59 Å². The number of amides is 1. The number of hydrogen-bond acceptors (Lipinski definition) is 3. The molecule has 0 bridgehead atoms. The third-order valence-corrected chi connectivity index (χ3v) is 3.55. The Bertz CT molecular complexity index is 678. The highest BCUT2D eigenvalue weighted by Crippen LogP contribution is 2.19. The van der Waals surface area contributed by atoms with E-state index in [1.54, 1.807) is 14.0 Å². The molecule has 0 saturated heterocycles. The molecule has 0 unspecified atom stereocenters. The van der Waals surface area contributed by atoms with Crippen molar-refractivity contribution < 1.29 is 19.4 Å². The minimum absolute atomic E-state index is 0.0972. The van der Waals surface area contributed by atoms with E-state index in [0.717, 1.165) is 10.9 Å². The van der Waals surface area contributed by atoms with Gasteiger partial charge >= 0.3 is 5.97 Å². The second-order valence-corrected chi connectivity index (χ2v) is 5.18. The number of nitrogens with one attached hydrogen (secondary N) is 1. The smallest absolute Gasteiger partial charge is 0.308 e. The van der Waals surface area contributed by atoms with Crippen LogP contribution in [0.3, 0.4) is 0 Å². The highest BCUT2D eigenvalue weighted by atomic mass is 16.5. The van der Waals surface area contributed by atoms with E-state index in [-0.39, 0.29) is 12.5 Å². The Morgan fingerprint density at radius 2 is 2.09 bits per heavy atom. The quantitative estimate of drug-likeness (QED) is 0.816. The lowest BCUT2D eigenvalue weighted by molar-refractivity contribution is -0.140. The fraction of sp³-hybridized carbons (Fsp3) is 0.375. The predicted molar refractivity (Wildman–Crippen MR) is 82.9 cm³/mol. The Labute approximate surface area is 128 Å². The third-order valence-electron chi connectivity index (χ3n) is 3.55. The van der Waals surface area contributed by atoms with Crippen LogP contribution in [0.5, 0.6) is 0 Å². The van der Waals surface area contributed by atoms with Crippen LogP contribution in [-0.4, -0.2) is 41.8 Å². The number of carboxylic acid groups (broad SMARTS) is 1. The third kappa shape index (κ3) is 3.46. The number of nitrogens with zero attached hydrogens (tertiary/aromatic N) is 1. The second kappa shape index (κ2) is 7.09. The van der Waals surface area contributed by atoms with E-state index in [2.05, 4.69) is 5.32 Å².